The van der Waals surface area contributed by atoms with Crippen LogP contribution >= 0.6 is 0 Å². The van der Waals surface area contributed by atoms with Crippen LogP contribution in [0.4, 0.5) is 0 Å². The molecule has 3 aliphatic rings. The van der Waals surface area contributed by atoms with E-state index in [-0.39, 0.29) is 11.9 Å². The molecule has 2 aliphatic carbocycles. The van der Waals surface area contributed by atoms with Crippen LogP contribution in [0.15, 0.2) is 36.5 Å². The van der Waals surface area contributed by atoms with Gasteiger partial charge in [0.1, 0.15) is 0 Å². The standard InChI is InChI=1S/C20H24N4O/c21-18-9-8-14-11-23(12-17(14)18)20(25)16-10-22-24(19(16)13-6-7-13)15-4-2-1-3-5-15/h1-5,10,13-14,17-18H,6-9,11-12,21H2. The lowest BCUT2D eigenvalue weighted by atomic mass is 9.98. The second-order valence-electron chi connectivity index (χ2n) is 7.84. The molecule has 5 rings (SSSR count). The summed E-state index contributed by atoms with van der Waals surface area (Å²) in [5, 5.41) is 4.57. The quantitative estimate of drug-likeness (QED) is 0.937. The molecule has 0 bridgehead atoms. The number of amides is 1. The second-order valence-corrected chi connectivity index (χ2v) is 7.84. The molecule has 0 spiro atoms. The monoisotopic (exact) mass is 336 g/mol. The molecule has 1 amide bonds. The first kappa shape index (κ1) is 15.1. The number of benzene rings is 1. The number of carbonyl (C=O) groups is 1. The van der Waals surface area contributed by atoms with Crippen LogP contribution in [0.3, 0.4) is 0 Å². The summed E-state index contributed by atoms with van der Waals surface area (Å²) in [5.74, 6) is 1.68. The molecule has 2 N–H and O–H groups in total. The van der Waals surface area contributed by atoms with Crippen LogP contribution in [0.2, 0.25) is 0 Å². The van der Waals surface area contributed by atoms with Crippen LogP contribution in [-0.4, -0.2) is 39.7 Å². The average molecular weight is 336 g/mol. The van der Waals surface area contributed by atoms with Crippen molar-refractivity contribution in [3.8, 4) is 5.69 Å². The molecular formula is C20H24N4O. The van der Waals surface area contributed by atoms with Crippen LogP contribution in [-0.2, 0) is 0 Å². The van der Waals surface area contributed by atoms with E-state index in [4.69, 9.17) is 5.73 Å². The minimum absolute atomic E-state index is 0.144. The molecule has 3 unspecified atom stereocenters. The van der Waals surface area contributed by atoms with Crippen molar-refractivity contribution in [3.63, 3.8) is 0 Å². The van der Waals surface area contributed by atoms with E-state index in [1.807, 2.05) is 39.9 Å². The van der Waals surface area contributed by atoms with Gasteiger partial charge in [-0.25, -0.2) is 4.68 Å². The Kier molecular flexibility index (Phi) is 3.45. The fourth-order valence-corrected chi connectivity index (χ4v) is 4.69. The zero-order valence-electron chi connectivity index (χ0n) is 14.3. The maximum absolute atomic E-state index is 13.2. The predicted octanol–water partition coefficient (Wildman–Crippen LogP) is 2.56. The molecule has 2 aromatic rings. The number of hydrogen-bond acceptors (Lipinski definition) is 3. The summed E-state index contributed by atoms with van der Waals surface area (Å²) in [5.41, 5.74) is 9.15. The lowest BCUT2D eigenvalue weighted by molar-refractivity contribution is 0.0778. The molecule has 3 fully saturated rings. The van der Waals surface area contributed by atoms with Crippen molar-refractivity contribution in [1.82, 2.24) is 14.7 Å². The van der Waals surface area contributed by atoms with Gasteiger partial charge in [-0.15, -0.1) is 0 Å². The third-order valence-corrected chi connectivity index (χ3v) is 6.20. The minimum atomic E-state index is 0.144. The Bertz CT molecular complexity index is 795. The molecular weight excluding hydrogens is 312 g/mol. The summed E-state index contributed by atoms with van der Waals surface area (Å²) in [7, 11) is 0. The number of aromatic nitrogens is 2. The third-order valence-electron chi connectivity index (χ3n) is 6.20. The number of hydrogen-bond donors (Lipinski definition) is 1. The topological polar surface area (TPSA) is 64.2 Å². The molecule has 130 valence electrons. The molecule has 1 saturated heterocycles. The van der Waals surface area contributed by atoms with Crippen LogP contribution in [0.1, 0.15) is 47.7 Å². The lowest BCUT2D eigenvalue weighted by Crippen LogP contribution is -2.33. The van der Waals surface area contributed by atoms with Gasteiger partial charge in [0.15, 0.2) is 0 Å². The van der Waals surface area contributed by atoms with Crippen molar-refractivity contribution < 1.29 is 4.79 Å². The first-order valence-corrected chi connectivity index (χ1v) is 9.40. The number of carbonyl (C=O) groups excluding carboxylic acids is 1. The third kappa shape index (κ3) is 2.49. The Hall–Kier alpha value is -2.14. The van der Waals surface area contributed by atoms with E-state index in [9.17, 15) is 4.79 Å². The van der Waals surface area contributed by atoms with E-state index in [0.717, 1.165) is 55.7 Å². The fourth-order valence-electron chi connectivity index (χ4n) is 4.69. The number of nitrogens with two attached hydrogens (primary N) is 1. The molecule has 0 radical (unpaired) electrons. The first-order valence-electron chi connectivity index (χ1n) is 9.40. The lowest BCUT2D eigenvalue weighted by Gasteiger charge is -2.19. The second kappa shape index (κ2) is 5.70. The Morgan fingerprint density at radius 3 is 2.60 bits per heavy atom. The predicted molar refractivity (Wildman–Crippen MR) is 95.6 cm³/mol. The highest BCUT2D eigenvalue weighted by Gasteiger charge is 2.44. The number of para-hydroxylation sites is 1. The van der Waals surface area contributed by atoms with E-state index >= 15 is 0 Å². The highest BCUT2D eigenvalue weighted by molar-refractivity contribution is 5.95. The fraction of sp³-hybridized carbons (Fsp3) is 0.500. The van der Waals surface area contributed by atoms with E-state index in [1.165, 1.54) is 0 Å². The van der Waals surface area contributed by atoms with E-state index in [1.54, 1.807) is 6.20 Å². The van der Waals surface area contributed by atoms with Crippen molar-refractivity contribution in [2.45, 2.75) is 37.6 Å². The summed E-state index contributed by atoms with van der Waals surface area (Å²) < 4.78 is 1.97. The molecule has 5 heteroatoms. The van der Waals surface area contributed by atoms with Crippen molar-refractivity contribution in [2.24, 2.45) is 17.6 Å². The SMILES string of the molecule is NC1CCC2CN(C(=O)c3cnn(-c4ccccc4)c3C3CC3)CC12. The summed E-state index contributed by atoms with van der Waals surface area (Å²) >= 11 is 0. The molecule has 1 aromatic heterocycles. The van der Waals surface area contributed by atoms with Gasteiger partial charge in [-0.3, -0.25) is 4.79 Å². The van der Waals surface area contributed by atoms with Crippen molar-refractivity contribution in [2.75, 3.05) is 13.1 Å². The Morgan fingerprint density at radius 2 is 1.88 bits per heavy atom. The number of likely N-dealkylation sites (tertiary alicyclic amines) is 1. The van der Waals surface area contributed by atoms with Gasteiger partial charge in [-0.05, 0) is 49.7 Å². The molecule has 1 aliphatic heterocycles. The highest BCUT2D eigenvalue weighted by Crippen LogP contribution is 2.43. The molecule has 2 saturated carbocycles. The van der Waals surface area contributed by atoms with Gasteiger partial charge in [0.05, 0.1) is 23.1 Å². The van der Waals surface area contributed by atoms with E-state index in [0.29, 0.717) is 17.8 Å². The maximum Gasteiger partial charge on any atom is 0.257 e. The van der Waals surface area contributed by atoms with Crippen LogP contribution in [0.25, 0.3) is 5.69 Å². The van der Waals surface area contributed by atoms with Crippen LogP contribution in [0.5, 0.6) is 0 Å². The number of rotatable bonds is 3. The van der Waals surface area contributed by atoms with E-state index < -0.39 is 0 Å². The zero-order valence-corrected chi connectivity index (χ0v) is 14.3. The van der Waals surface area contributed by atoms with Gasteiger partial charge < -0.3 is 10.6 Å². The molecule has 1 aromatic carbocycles. The van der Waals surface area contributed by atoms with Crippen molar-refractivity contribution in [3.05, 3.63) is 47.8 Å². The Morgan fingerprint density at radius 1 is 1.08 bits per heavy atom. The average Bonchev–Trinajstić information content (AvgIpc) is 3.09. The summed E-state index contributed by atoms with van der Waals surface area (Å²) in [6, 6.07) is 10.4. The van der Waals surface area contributed by atoms with Gasteiger partial charge in [0.2, 0.25) is 0 Å². The van der Waals surface area contributed by atoms with Gasteiger partial charge in [-0.1, -0.05) is 18.2 Å². The number of fused-ring (bicyclic) bond motifs is 1. The normalized spacial score (nSPS) is 28.4. The Balaban J connectivity index is 1.46. The summed E-state index contributed by atoms with van der Waals surface area (Å²) in [6.45, 7) is 1.67. The summed E-state index contributed by atoms with van der Waals surface area (Å²) in [4.78, 5) is 15.2. The molecule has 25 heavy (non-hydrogen) atoms. The van der Waals surface area contributed by atoms with Gasteiger partial charge in [-0.2, -0.15) is 5.10 Å². The van der Waals surface area contributed by atoms with Gasteiger partial charge in [0.25, 0.3) is 5.91 Å². The van der Waals surface area contributed by atoms with Crippen molar-refractivity contribution >= 4 is 5.91 Å². The molecule has 2 heterocycles. The Labute approximate surface area is 147 Å². The smallest absolute Gasteiger partial charge is 0.257 e. The van der Waals surface area contributed by atoms with Crippen molar-refractivity contribution in [1.29, 1.82) is 0 Å². The first-order chi connectivity index (χ1) is 12.2. The van der Waals surface area contributed by atoms with Crippen LogP contribution in [0, 0.1) is 11.8 Å². The van der Waals surface area contributed by atoms with Gasteiger partial charge in [0, 0.05) is 25.0 Å². The summed E-state index contributed by atoms with van der Waals surface area (Å²) in [6.07, 6.45) is 6.34. The van der Waals surface area contributed by atoms with Crippen LogP contribution < -0.4 is 5.73 Å². The largest absolute Gasteiger partial charge is 0.338 e. The highest BCUT2D eigenvalue weighted by atomic mass is 16.2. The number of nitrogens with zero attached hydrogens (tertiary/aromatic N) is 3. The van der Waals surface area contributed by atoms with E-state index in [2.05, 4.69) is 5.10 Å². The molecule has 3 atom stereocenters. The van der Waals surface area contributed by atoms with Gasteiger partial charge >= 0.3 is 0 Å². The minimum Gasteiger partial charge on any atom is -0.338 e. The zero-order chi connectivity index (χ0) is 17.0. The maximum atomic E-state index is 13.2. The molecule has 5 nitrogen and oxygen atoms in total.